The minimum atomic E-state index is -4.99. The van der Waals surface area contributed by atoms with Gasteiger partial charge in [-0.3, -0.25) is 4.79 Å². The third-order valence-electron chi connectivity index (χ3n) is 5.34. The van der Waals surface area contributed by atoms with Crippen LogP contribution < -0.4 is 5.32 Å². The van der Waals surface area contributed by atoms with E-state index in [1.165, 1.54) is 30.5 Å². The lowest BCUT2D eigenvalue weighted by molar-refractivity contribution is -0.143. The zero-order valence-corrected chi connectivity index (χ0v) is 18.5. The summed E-state index contributed by atoms with van der Waals surface area (Å²) in [6.07, 6.45) is -8.51. The zero-order valence-electron chi connectivity index (χ0n) is 17.7. The molecule has 2 heterocycles. The number of hydrogen-bond donors (Lipinski definition) is 1. The van der Waals surface area contributed by atoms with Crippen molar-refractivity contribution in [3.63, 3.8) is 0 Å². The van der Waals surface area contributed by atoms with E-state index in [1.54, 1.807) is 6.07 Å². The maximum absolute atomic E-state index is 13.4. The molecule has 0 aliphatic carbocycles. The van der Waals surface area contributed by atoms with E-state index in [9.17, 15) is 35.5 Å². The summed E-state index contributed by atoms with van der Waals surface area (Å²) in [6, 6.07) is 8.41. The molecule has 12 heteroatoms. The van der Waals surface area contributed by atoms with Crippen molar-refractivity contribution in [2.24, 2.45) is 0 Å². The Balaban J connectivity index is 0.00000342. The Bertz CT molecular complexity index is 1200. The molecule has 0 saturated heterocycles. The average molecular weight is 520 g/mol. The van der Waals surface area contributed by atoms with E-state index in [0.717, 1.165) is 4.90 Å². The molecule has 1 amide bonds. The van der Waals surface area contributed by atoms with Crippen molar-refractivity contribution in [1.29, 1.82) is 0 Å². The first kappa shape index (κ1) is 26.3. The van der Waals surface area contributed by atoms with Gasteiger partial charge in [0.25, 0.3) is 0 Å². The van der Waals surface area contributed by atoms with Gasteiger partial charge in [-0.25, -0.2) is 9.37 Å². The predicted octanol–water partition coefficient (Wildman–Crippen LogP) is 6.30. The lowest BCUT2D eigenvalue weighted by atomic mass is 10.00. The number of pyridine rings is 1. The Hall–Kier alpha value is -3.34. The molecule has 35 heavy (non-hydrogen) atoms. The maximum Gasteiger partial charge on any atom is 0.416 e. The number of alkyl halides is 6. The van der Waals surface area contributed by atoms with Gasteiger partial charge in [-0.2, -0.15) is 26.3 Å². The number of carbonyl (C=O) groups is 1. The van der Waals surface area contributed by atoms with Crippen LogP contribution in [-0.4, -0.2) is 22.3 Å². The number of aromatic nitrogens is 1. The molecule has 1 N–H and O–H groups in total. The Labute approximate surface area is 201 Å². The number of fused-ring (bicyclic) bond motifs is 1. The topological polar surface area (TPSA) is 45.2 Å². The highest BCUT2D eigenvalue weighted by atomic mass is 35.5. The van der Waals surface area contributed by atoms with E-state index >= 15 is 0 Å². The SMILES string of the molecule is Cl.O=C1CNc2nccc(-c3ccc(F)cc3)c2CN1Cc1cc(C(F)(F)F)cc(C(F)(F)F)c1. The lowest BCUT2D eigenvalue weighted by Crippen LogP contribution is -2.32. The van der Waals surface area contributed by atoms with E-state index in [-0.39, 0.29) is 37.1 Å². The number of anilines is 1. The first-order chi connectivity index (χ1) is 15.9. The van der Waals surface area contributed by atoms with Gasteiger partial charge in [0, 0.05) is 18.3 Å². The molecule has 1 aliphatic rings. The molecule has 0 bridgehead atoms. The summed E-state index contributed by atoms with van der Waals surface area (Å²) in [5, 5.41) is 2.85. The summed E-state index contributed by atoms with van der Waals surface area (Å²) in [4.78, 5) is 18.0. The number of nitrogens with one attached hydrogen (secondary N) is 1. The molecule has 0 radical (unpaired) electrons. The van der Waals surface area contributed by atoms with E-state index in [4.69, 9.17) is 0 Å². The summed E-state index contributed by atoms with van der Waals surface area (Å²) in [5.41, 5.74) is -1.51. The molecule has 0 fully saturated rings. The Morgan fingerprint density at radius 2 is 1.51 bits per heavy atom. The summed E-state index contributed by atoms with van der Waals surface area (Å²) < 4.78 is 92.7. The van der Waals surface area contributed by atoms with Crippen LogP contribution in [0.25, 0.3) is 11.1 Å². The first-order valence-corrected chi connectivity index (χ1v) is 9.95. The van der Waals surface area contributed by atoms with Gasteiger partial charge in [0.1, 0.15) is 11.6 Å². The van der Waals surface area contributed by atoms with Crippen molar-refractivity contribution in [2.45, 2.75) is 25.4 Å². The van der Waals surface area contributed by atoms with Crippen molar-refractivity contribution in [2.75, 3.05) is 11.9 Å². The molecule has 0 saturated carbocycles. The molecular weight excluding hydrogens is 503 g/mol. The van der Waals surface area contributed by atoms with Crippen molar-refractivity contribution in [1.82, 2.24) is 9.88 Å². The number of hydrogen-bond acceptors (Lipinski definition) is 3. The van der Waals surface area contributed by atoms with Gasteiger partial charge < -0.3 is 10.2 Å². The van der Waals surface area contributed by atoms with Gasteiger partial charge >= 0.3 is 12.4 Å². The molecular formula is C23H17ClF7N3O. The van der Waals surface area contributed by atoms with Crippen LogP contribution in [0.15, 0.2) is 54.7 Å². The minimum absolute atomic E-state index is 0. The van der Waals surface area contributed by atoms with Crippen LogP contribution in [0.1, 0.15) is 22.3 Å². The quantitative estimate of drug-likeness (QED) is 0.413. The van der Waals surface area contributed by atoms with Crippen molar-refractivity contribution < 1.29 is 35.5 Å². The number of carbonyl (C=O) groups excluding carboxylic acids is 1. The Morgan fingerprint density at radius 3 is 2.09 bits per heavy atom. The predicted molar refractivity (Wildman–Crippen MR) is 116 cm³/mol. The van der Waals surface area contributed by atoms with Crippen molar-refractivity contribution in [3.05, 3.63) is 82.8 Å². The highest BCUT2D eigenvalue weighted by molar-refractivity contribution is 5.85. The van der Waals surface area contributed by atoms with Crippen LogP contribution in [0.4, 0.5) is 36.6 Å². The fourth-order valence-corrected chi connectivity index (χ4v) is 3.73. The highest BCUT2D eigenvalue weighted by Gasteiger charge is 2.37. The van der Waals surface area contributed by atoms with Gasteiger partial charge in [0.05, 0.1) is 24.2 Å². The zero-order chi connectivity index (χ0) is 24.7. The van der Waals surface area contributed by atoms with Crippen LogP contribution in [0.3, 0.4) is 0 Å². The van der Waals surface area contributed by atoms with Gasteiger partial charge in [-0.1, -0.05) is 12.1 Å². The van der Waals surface area contributed by atoms with Crippen molar-refractivity contribution in [3.8, 4) is 11.1 Å². The molecule has 3 aromatic rings. The van der Waals surface area contributed by atoms with Crippen LogP contribution in [-0.2, 0) is 30.2 Å². The van der Waals surface area contributed by atoms with Crippen LogP contribution in [0.2, 0.25) is 0 Å². The third-order valence-corrected chi connectivity index (χ3v) is 5.34. The van der Waals surface area contributed by atoms with Crippen LogP contribution in [0, 0.1) is 5.82 Å². The van der Waals surface area contributed by atoms with Gasteiger partial charge in [0.15, 0.2) is 0 Å². The van der Waals surface area contributed by atoms with Gasteiger partial charge in [0.2, 0.25) is 5.91 Å². The molecule has 4 rings (SSSR count). The lowest BCUT2D eigenvalue weighted by Gasteiger charge is -2.23. The molecule has 1 aliphatic heterocycles. The van der Waals surface area contributed by atoms with E-state index < -0.39 is 41.7 Å². The van der Waals surface area contributed by atoms with Crippen molar-refractivity contribution >= 4 is 24.1 Å². The summed E-state index contributed by atoms with van der Waals surface area (Å²) in [7, 11) is 0. The number of amides is 1. The van der Waals surface area contributed by atoms with E-state index in [0.29, 0.717) is 34.6 Å². The second kappa shape index (κ2) is 9.73. The Morgan fingerprint density at radius 1 is 0.914 bits per heavy atom. The summed E-state index contributed by atoms with van der Waals surface area (Å²) >= 11 is 0. The molecule has 0 atom stereocenters. The highest BCUT2D eigenvalue weighted by Crippen LogP contribution is 2.37. The standard InChI is InChI=1S/C23H16F7N3O.ClH/c24-17-3-1-14(2-4-17)18-5-6-31-21-19(18)12-33(20(34)10-32-21)11-13-7-15(22(25,26)27)9-16(8-13)23(28,29)30;/h1-9H,10-12H2,(H,31,32);1H. The van der Waals surface area contributed by atoms with Gasteiger partial charge in [-0.15, -0.1) is 12.4 Å². The monoisotopic (exact) mass is 519 g/mol. The van der Waals surface area contributed by atoms with Gasteiger partial charge in [-0.05, 0) is 53.1 Å². The molecule has 0 unspecified atom stereocenters. The number of nitrogens with zero attached hydrogens (tertiary/aromatic N) is 2. The van der Waals surface area contributed by atoms with E-state index in [2.05, 4.69) is 10.3 Å². The summed E-state index contributed by atoms with van der Waals surface area (Å²) in [5.74, 6) is -0.643. The second-order valence-electron chi connectivity index (χ2n) is 7.71. The molecule has 4 nitrogen and oxygen atoms in total. The maximum atomic E-state index is 13.4. The number of benzene rings is 2. The normalized spacial score (nSPS) is 14.0. The minimum Gasteiger partial charge on any atom is -0.361 e. The number of rotatable bonds is 3. The summed E-state index contributed by atoms with van der Waals surface area (Å²) in [6.45, 7) is -0.859. The Kier molecular flexibility index (Phi) is 7.30. The fourth-order valence-electron chi connectivity index (χ4n) is 3.73. The smallest absolute Gasteiger partial charge is 0.361 e. The molecule has 0 spiro atoms. The largest absolute Gasteiger partial charge is 0.416 e. The van der Waals surface area contributed by atoms with Crippen LogP contribution in [0.5, 0.6) is 0 Å². The fraction of sp³-hybridized carbons (Fsp3) is 0.217. The molecule has 186 valence electrons. The van der Waals surface area contributed by atoms with Crippen LogP contribution >= 0.6 is 12.4 Å². The molecule has 2 aromatic carbocycles. The number of halogens is 8. The first-order valence-electron chi connectivity index (χ1n) is 9.95. The second-order valence-corrected chi connectivity index (χ2v) is 7.71. The third kappa shape index (κ3) is 5.84. The average Bonchev–Trinajstić information content (AvgIpc) is 2.92. The molecule has 1 aromatic heterocycles. The van der Waals surface area contributed by atoms with E-state index in [1.807, 2.05) is 0 Å².